The minimum atomic E-state index is 1.20. The standard InChI is InChI=1S/C15H20/c1-4-5-6-13-9-14-11(2)7-8-12(3)15(14)10-13/h7-9H,4-6,10H2,1-3H3. The Hall–Kier alpha value is -1.04. The van der Waals surface area contributed by atoms with Crippen LogP contribution in [0.3, 0.4) is 0 Å². The van der Waals surface area contributed by atoms with Crippen LogP contribution in [0.4, 0.5) is 0 Å². The fourth-order valence-corrected chi connectivity index (χ4v) is 2.37. The molecule has 1 aliphatic rings. The molecule has 0 aliphatic heterocycles. The zero-order chi connectivity index (χ0) is 10.8. The fourth-order valence-electron chi connectivity index (χ4n) is 2.37. The number of unbranched alkanes of at least 4 members (excludes halogenated alkanes) is 1. The van der Waals surface area contributed by atoms with Crippen molar-refractivity contribution in [3.8, 4) is 0 Å². The highest BCUT2D eigenvalue weighted by Gasteiger charge is 2.15. The zero-order valence-electron chi connectivity index (χ0n) is 10.1. The van der Waals surface area contributed by atoms with Crippen molar-refractivity contribution in [1.29, 1.82) is 0 Å². The van der Waals surface area contributed by atoms with E-state index in [1.165, 1.54) is 42.4 Å². The van der Waals surface area contributed by atoms with E-state index in [2.05, 4.69) is 39.0 Å². The van der Waals surface area contributed by atoms with Crippen molar-refractivity contribution in [3.05, 3.63) is 40.0 Å². The molecule has 0 spiro atoms. The molecule has 0 saturated heterocycles. The Morgan fingerprint density at radius 3 is 2.53 bits per heavy atom. The van der Waals surface area contributed by atoms with Gasteiger partial charge in [0, 0.05) is 0 Å². The normalized spacial score (nSPS) is 13.9. The maximum atomic E-state index is 2.42. The van der Waals surface area contributed by atoms with E-state index in [0.29, 0.717) is 0 Å². The summed E-state index contributed by atoms with van der Waals surface area (Å²) >= 11 is 0. The van der Waals surface area contributed by atoms with Crippen molar-refractivity contribution >= 4 is 6.08 Å². The smallest absolute Gasteiger partial charge is 0.00551 e. The van der Waals surface area contributed by atoms with Crippen LogP contribution in [0.1, 0.15) is 48.4 Å². The molecule has 2 rings (SSSR count). The zero-order valence-corrected chi connectivity index (χ0v) is 10.1. The van der Waals surface area contributed by atoms with Gasteiger partial charge >= 0.3 is 0 Å². The molecule has 0 amide bonds. The second-order valence-corrected chi connectivity index (χ2v) is 4.67. The lowest BCUT2D eigenvalue weighted by Crippen LogP contribution is -1.91. The maximum Gasteiger partial charge on any atom is -0.00551 e. The Morgan fingerprint density at radius 2 is 1.87 bits per heavy atom. The molecule has 15 heavy (non-hydrogen) atoms. The Labute approximate surface area is 93.0 Å². The van der Waals surface area contributed by atoms with Crippen molar-refractivity contribution in [2.24, 2.45) is 0 Å². The first-order chi connectivity index (χ1) is 7.22. The first kappa shape index (κ1) is 10.5. The highest BCUT2D eigenvalue weighted by molar-refractivity contribution is 5.68. The molecule has 0 radical (unpaired) electrons. The van der Waals surface area contributed by atoms with Gasteiger partial charge in [0.1, 0.15) is 0 Å². The van der Waals surface area contributed by atoms with Gasteiger partial charge in [-0.25, -0.2) is 0 Å². The van der Waals surface area contributed by atoms with E-state index in [1.807, 2.05) is 0 Å². The topological polar surface area (TPSA) is 0 Å². The Morgan fingerprint density at radius 1 is 1.13 bits per heavy atom. The van der Waals surface area contributed by atoms with Crippen LogP contribution in [-0.4, -0.2) is 0 Å². The minimum Gasteiger partial charge on any atom is -0.0654 e. The second kappa shape index (κ2) is 4.22. The van der Waals surface area contributed by atoms with Gasteiger partial charge in [-0.15, -0.1) is 0 Å². The molecule has 0 atom stereocenters. The van der Waals surface area contributed by atoms with Crippen LogP contribution in [0.5, 0.6) is 0 Å². The summed E-state index contributed by atoms with van der Waals surface area (Å²) in [7, 11) is 0. The van der Waals surface area contributed by atoms with Gasteiger partial charge < -0.3 is 0 Å². The van der Waals surface area contributed by atoms with Gasteiger partial charge in [-0.2, -0.15) is 0 Å². The van der Waals surface area contributed by atoms with Crippen LogP contribution >= 0.6 is 0 Å². The second-order valence-electron chi connectivity index (χ2n) is 4.67. The highest BCUT2D eigenvalue weighted by atomic mass is 14.2. The predicted octanol–water partition coefficient (Wildman–Crippen LogP) is 4.43. The molecule has 1 aromatic carbocycles. The summed E-state index contributed by atoms with van der Waals surface area (Å²) in [5.74, 6) is 0. The number of hydrogen-bond donors (Lipinski definition) is 0. The molecule has 80 valence electrons. The Kier molecular flexibility index (Phi) is 2.95. The molecule has 0 unspecified atom stereocenters. The first-order valence-electron chi connectivity index (χ1n) is 6.01. The highest BCUT2D eigenvalue weighted by Crippen LogP contribution is 2.32. The van der Waals surface area contributed by atoms with E-state index in [-0.39, 0.29) is 0 Å². The fraction of sp³-hybridized carbons (Fsp3) is 0.467. The number of benzene rings is 1. The third-order valence-corrected chi connectivity index (χ3v) is 3.41. The lowest BCUT2D eigenvalue weighted by atomic mass is 9.99. The van der Waals surface area contributed by atoms with Gasteiger partial charge in [-0.3, -0.25) is 0 Å². The van der Waals surface area contributed by atoms with Gasteiger partial charge in [-0.1, -0.05) is 37.1 Å². The van der Waals surface area contributed by atoms with Gasteiger partial charge in [0.05, 0.1) is 0 Å². The van der Waals surface area contributed by atoms with Crippen molar-refractivity contribution in [1.82, 2.24) is 0 Å². The van der Waals surface area contributed by atoms with E-state index >= 15 is 0 Å². The molecule has 0 nitrogen and oxygen atoms in total. The quantitative estimate of drug-likeness (QED) is 0.677. The minimum absolute atomic E-state index is 1.20. The molecule has 0 bridgehead atoms. The molecular weight excluding hydrogens is 180 g/mol. The SMILES string of the molecule is CCCCC1=Cc2c(C)ccc(C)c2C1. The van der Waals surface area contributed by atoms with E-state index in [4.69, 9.17) is 0 Å². The van der Waals surface area contributed by atoms with Crippen LogP contribution in [-0.2, 0) is 6.42 Å². The summed E-state index contributed by atoms with van der Waals surface area (Å²) in [6, 6.07) is 4.50. The maximum absolute atomic E-state index is 2.42. The van der Waals surface area contributed by atoms with Crippen LogP contribution in [0.15, 0.2) is 17.7 Å². The lowest BCUT2D eigenvalue weighted by molar-refractivity contribution is 0.779. The number of rotatable bonds is 3. The summed E-state index contributed by atoms with van der Waals surface area (Å²) in [5.41, 5.74) is 7.59. The van der Waals surface area contributed by atoms with E-state index in [9.17, 15) is 0 Å². The first-order valence-corrected chi connectivity index (χ1v) is 6.01. The summed E-state index contributed by atoms with van der Waals surface area (Å²) in [5, 5.41) is 0. The molecule has 0 saturated carbocycles. The monoisotopic (exact) mass is 200 g/mol. The lowest BCUT2D eigenvalue weighted by Gasteiger charge is -2.06. The molecule has 0 heterocycles. The predicted molar refractivity (Wildman–Crippen MR) is 67.1 cm³/mol. The van der Waals surface area contributed by atoms with Crippen LogP contribution in [0.25, 0.3) is 6.08 Å². The van der Waals surface area contributed by atoms with Gasteiger partial charge in [-0.05, 0) is 55.4 Å². The largest absolute Gasteiger partial charge is 0.0654 e. The van der Waals surface area contributed by atoms with Crippen LogP contribution in [0, 0.1) is 13.8 Å². The molecule has 1 aliphatic carbocycles. The van der Waals surface area contributed by atoms with Gasteiger partial charge in [0.2, 0.25) is 0 Å². The van der Waals surface area contributed by atoms with Gasteiger partial charge in [0.25, 0.3) is 0 Å². The number of allylic oxidation sites excluding steroid dienone is 1. The van der Waals surface area contributed by atoms with Crippen molar-refractivity contribution in [2.45, 2.75) is 46.5 Å². The number of fused-ring (bicyclic) bond motifs is 1. The van der Waals surface area contributed by atoms with Crippen LogP contribution < -0.4 is 0 Å². The third kappa shape index (κ3) is 1.99. The molecule has 0 N–H and O–H groups in total. The Bertz CT molecular complexity index is 397. The van der Waals surface area contributed by atoms with E-state index in [0.717, 1.165) is 0 Å². The van der Waals surface area contributed by atoms with Crippen molar-refractivity contribution in [2.75, 3.05) is 0 Å². The van der Waals surface area contributed by atoms with Crippen molar-refractivity contribution < 1.29 is 0 Å². The summed E-state index contributed by atoms with van der Waals surface area (Å²) in [4.78, 5) is 0. The molecule has 0 heteroatoms. The Balaban J connectivity index is 2.25. The summed E-state index contributed by atoms with van der Waals surface area (Å²) in [6.45, 7) is 6.71. The average Bonchev–Trinajstić information content (AvgIpc) is 2.66. The van der Waals surface area contributed by atoms with Gasteiger partial charge in [0.15, 0.2) is 0 Å². The molecule has 0 aromatic heterocycles. The molecular formula is C15H20. The molecule has 1 aromatic rings. The number of hydrogen-bond acceptors (Lipinski definition) is 0. The van der Waals surface area contributed by atoms with Crippen molar-refractivity contribution in [3.63, 3.8) is 0 Å². The van der Waals surface area contributed by atoms with E-state index < -0.39 is 0 Å². The summed E-state index contributed by atoms with van der Waals surface area (Å²) < 4.78 is 0. The van der Waals surface area contributed by atoms with Crippen LogP contribution in [0.2, 0.25) is 0 Å². The average molecular weight is 200 g/mol. The molecule has 0 fully saturated rings. The number of aryl methyl sites for hydroxylation is 2. The van der Waals surface area contributed by atoms with E-state index in [1.54, 1.807) is 11.1 Å². The third-order valence-electron chi connectivity index (χ3n) is 3.41. The summed E-state index contributed by atoms with van der Waals surface area (Å²) in [6.07, 6.45) is 7.53.